The second-order valence-electron chi connectivity index (χ2n) is 6.45. The van der Waals surface area contributed by atoms with Crippen LogP contribution in [0.1, 0.15) is 42.6 Å². The first-order valence-corrected chi connectivity index (χ1v) is 8.95. The van der Waals surface area contributed by atoms with Crippen LogP contribution in [-0.2, 0) is 13.0 Å². The lowest BCUT2D eigenvalue weighted by Crippen LogP contribution is -2.41. The number of anilines is 1. The lowest BCUT2D eigenvalue weighted by molar-refractivity contribution is 0.198. The first-order chi connectivity index (χ1) is 10.8. The van der Waals surface area contributed by atoms with Gasteiger partial charge in [0, 0.05) is 43.1 Å². The molecule has 1 aliphatic heterocycles. The van der Waals surface area contributed by atoms with Crippen LogP contribution in [-0.4, -0.2) is 33.4 Å². The minimum absolute atomic E-state index is 0.502. The van der Waals surface area contributed by atoms with Crippen LogP contribution in [0, 0.1) is 0 Å². The molecule has 4 nitrogen and oxygen atoms in total. The van der Waals surface area contributed by atoms with Crippen LogP contribution in [0.15, 0.2) is 24.3 Å². The number of hydrogen-bond acceptors (Lipinski definition) is 5. The molecule has 4 rings (SSSR count). The molecule has 0 amide bonds. The molecule has 1 aliphatic carbocycles. The molecule has 0 bridgehead atoms. The van der Waals surface area contributed by atoms with Crippen LogP contribution in [0.5, 0.6) is 0 Å². The minimum Gasteiger partial charge on any atom is -0.359 e. The Bertz CT molecular complexity index is 650. The highest BCUT2D eigenvalue weighted by atomic mass is 32.1. The van der Waals surface area contributed by atoms with Crippen molar-refractivity contribution in [2.75, 3.05) is 18.4 Å². The number of nitrogens with one attached hydrogen (secondary N) is 1. The fraction of sp³-hybridized carbons (Fsp3) is 0.529. The maximum Gasteiger partial charge on any atom is 0.202 e. The predicted molar refractivity (Wildman–Crippen MR) is 90.4 cm³/mol. The number of fused-ring (bicyclic) bond motifs is 1. The van der Waals surface area contributed by atoms with Crippen molar-refractivity contribution >= 4 is 16.7 Å². The fourth-order valence-electron chi connectivity index (χ4n) is 3.07. The molecular weight excluding hydrogens is 292 g/mol. The van der Waals surface area contributed by atoms with Crippen molar-refractivity contribution in [2.45, 2.75) is 44.7 Å². The van der Waals surface area contributed by atoms with E-state index < -0.39 is 0 Å². The average Bonchev–Trinajstić information content (AvgIpc) is 3.31. The lowest BCUT2D eigenvalue weighted by atomic mass is 9.99. The summed E-state index contributed by atoms with van der Waals surface area (Å²) in [5.41, 5.74) is 2.99. The second-order valence-corrected chi connectivity index (χ2v) is 7.20. The molecule has 0 radical (unpaired) electrons. The third-order valence-corrected chi connectivity index (χ3v) is 5.40. The van der Waals surface area contributed by atoms with Crippen molar-refractivity contribution in [1.82, 2.24) is 14.3 Å². The summed E-state index contributed by atoms with van der Waals surface area (Å²) in [6.07, 6.45) is 3.69. The maximum atomic E-state index is 4.60. The van der Waals surface area contributed by atoms with Gasteiger partial charge in [0.1, 0.15) is 5.82 Å². The largest absolute Gasteiger partial charge is 0.359 e. The summed E-state index contributed by atoms with van der Waals surface area (Å²) in [6.45, 7) is 5.43. The number of nitrogens with zero attached hydrogens (tertiary/aromatic N) is 3. The Balaban J connectivity index is 1.33. The van der Waals surface area contributed by atoms with Crippen molar-refractivity contribution < 1.29 is 0 Å². The number of rotatable bonds is 5. The van der Waals surface area contributed by atoms with Crippen LogP contribution >= 0.6 is 11.5 Å². The molecular formula is C17H22N4S. The van der Waals surface area contributed by atoms with E-state index in [9.17, 15) is 0 Å². The summed E-state index contributed by atoms with van der Waals surface area (Å²) in [5, 5.41) is 4.45. The van der Waals surface area contributed by atoms with E-state index in [0.29, 0.717) is 12.0 Å². The van der Waals surface area contributed by atoms with Gasteiger partial charge in [-0.05, 0) is 37.3 Å². The standard InChI is InChI=1S/C17H22N4S/c1-12(10-18-17-19-16(20-22-17)14-6-7-14)21-9-8-13-4-2-3-5-15(13)11-21/h2-5,12,14H,6-11H2,1H3,(H,18,19,20). The van der Waals surface area contributed by atoms with Gasteiger partial charge in [-0.3, -0.25) is 4.90 Å². The Morgan fingerprint density at radius 3 is 2.95 bits per heavy atom. The van der Waals surface area contributed by atoms with Gasteiger partial charge in [-0.25, -0.2) is 4.98 Å². The van der Waals surface area contributed by atoms with E-state index in [1.807, 2.05) is 0 Å². The van der Waals surface area contributed by atoms with Crippen molar-refractivity contribution in [3.8, 4) is 0 Å². The third-order valence-electron chi connectivity index (χ3n) is 4.72. The second kappa shape index (κ2) is 5.97. The van der Waals surface area contributed by atoms with E-state index in [-0.39, 0.29) is 0 Å². The Labute approximate surface area is 135 Å². The van der Waals surface area contributed by atoms with Crippen LogP contribution in [0.4, 0.5) is 5.13 Å². The number of hydrogen-bond donors (Lipinski definition) is 1. The topological polar surface area (TPSA) is 41.1 Å². The molecule has 0 spiro atoms. The number of benzene rings is 1. The van der Waals surface area contributed by atoms with Crippen LogP contribution in [0.25, 0.3) is 0 Å². The fourth-order valence-corrected chi connectivity index (χ4v) is 3.72. The van der Waals surface area contributed by atoms with Crippen LogP contribution < -0.4 is 5.32 Å². The Morgan fingerprint density at radius 2 is 2.14 bits per heavy atom. The first kappa shape index (κ1) is 14.2. The summed E-state index contributed by atoms with van der Waals surface area (Å²) in [4.78, 5) is 7.16. The van der Waals surface area contributed by atoms with Gasteiger partial charge in [0.2, 0.25) is 5.13 Å². The molecule has 1 saturated carbocycles. The molecule has 1 fully saturated rings. The van der Waals surface area contributed by atoms with Gasteiger partial charge in [0.25, 0.3) is 0 Å². The predicted octanol–water partition coefficient (Wildman–Crippen LogP) is 3.27. The van der Waals surface area contributed by atoms with Gasteiger partial charge in [-0.2, -0.15) is 4.37 Å². The minimum atomic E-state index is 0.502. The SMILES string of the molecule is CC(CNc1nc(C2CC2)ns1)N1CCc2ccccc2C1. The Hall–Kier alpha value is -1.46. The molecule has 1 atom stereocenters. The third kappa shape index (κ3) is 3.01. The smallest absolute Gasteiger partial charge is 0.202 e. The Morgan fingerprint density at radius 1 is 1.32 bits per heavy atom. The van der Waals surface area contributed by atoms with E-state index >= 15 is 0 Å². The molecule has 116 valence electrons. The van der Waals surface area contributed by atoms with E-state index in [1.165, 1.54) is 35.5 Å². The molecule has 5 heteroatoms. The van der Waals surface area contributed by atoms with E-state index in [4.69, 9.17) is 0 Å². The zero-order valence-corrected chi connectivity index (χ0v) is 13.8. The van der Waals surface area contributed by atoms with Gasteiger partial charge in [-0.15, -0.1) is 0 Å². The monoisotopic (exact) mass is 314 g/mol. The summed E-state index contributed by atoms with van der Waals surface area (Å²) >= 11 is 1.50. The molecule has 1 aromatic heterocycles. The molecule has 1 N–H and O–H groups in total. The van der Waals surface area contributed by atoms with Gasteiger partial charge in [-0.1, -0.05) is 24.3 Å². The lowest BCUT2D eigenvalue weighted by Gasteiger charge is -2.33. The van der Waals surface area contributed by atoms with Gasteiger partial charge in [0.05, 0.1) is 0 Å². The van der Waals surface area contributed by atoms with Crippen molar-refractivity contribution in [3.05, 3.63) is 41.2 Å². The van der Waals surface area contributed by atoms with E-state index in [0.717, 1.165) is 37.0 Å². The van der Waals surface area contributed by atoms with Crippen LogP contribution in [0.3, 0.4) is 0 Å². The highest BCUT2D eigenvalue weighted by Gasteiger charge is 2.28. The van der Waals surface area contributed by atoms with E-state index in [2.05, 4.69) is 50.8 Å². The quantitative estimate of drug-likeness (QED) is 0.919. The van der Waals surface area contributed by atoms with Gasteiger partial charge in [0.15, 0.2) is 0 Å². The maximum absolute atomic E-state index is 4.60. The summed E-state index contributed by atoms with van der Waals surface area (Å²) in [7, 11) is 0. The zero-order valence-electron chi connectivity index (χ0n) is 13.0. The number of aromatic nitrogens is 2. The summed E-state index contributed by atoms with van der Waals surface area (Å²) in [6, 6.07) is 9.31. The molecule has 2 aromatic rings. The highest BCUT2D eigenvalue weighted by Crippen LogP contribution is 2.39. The van der Waals surface area contributed by atoms with Crippen molar-refractivity contribution in [1.29, 1.82) is 0 Å². The van der Waals surface area contributed by atoms with Crippen LogP contribution in [0.2, 0.25) is 0 Å². The zero-order chi connectivity index (χ0) is 14.9. The highest BCUT2D eigenvalue weighted by molar-refractivity contribution is 7.09. The average molecular weight is 314 g/mol. The molecule has 22 heavy (non-hydrogen) atoms. The van der Waals surface area contributed by atoms with Crippen molar-refractivity contribution in [3.63, 3.8) is 0 Å². The van der Waals surface area contributed by atoms with Crippen molar-refractivity contribution in [2.24, 2.45) is 0 Å². The van der Waals surface area contributed by atoms with E-state index in [1.54, 1.807) is 0 Å². The molecule has 0 saturated heterocycles. The molecule has 1 aromatic carbocycles. The first-order valence-electron chi connectivity index (χ1n) is 8.18. The molecule has 2 heterocycles. The normalized spacial score (nSPS) is 19.7. The molecule has 2 aliphatic rings. The summed E-state index contributed by atoms with van der Waals surface area (Å²) in [5.74, 6) is 1.69. The summed E-state index contributed by atoms with van der Waals surface area (Å²) < 4.78 is 4.45. The molecule has 1 unspecified atom stereocenters. The van der Waals surface area contributed by atoms with Gasteiger partial charge < -0.3 is 5.32 Å². The Kier molecular flexibility index (Phi) is 3.84. The van der Waals surface area contributed by atoms with Gasteiger partial charge >= 0.3 is 0 Å².